The third kappa shape index (κ3) is 2.51. The molecule has 150 valence electrons. The zero-order chi connectivity index (χ0) is 20.6. The molecule has 2 saturated carbocycles. The highest BCUT2D eigenvalue weighted by Gasteiger charge is 2.67. The first-order chi connectivity index (χ1) is 14.5. The molecule has 1 aliphatic heterocycles. The maximum absolute atomic E-state index is 13.3. The van der Waals surface area contributed by atoms with Crippen LogP contribution in [0.4, 0.5) is 11.4 Å². The Bertz CT molecular complexity index is 1090. The fourth-order valence-electron chi connectivity index (χ4n) is 5.73. The summed E-state index contributed by atoms with van der Waals surface area (Å²) < 4.78 is 0. The van der Waals surface area contributed by atoms with Crippen LogP contribution in [0.5, 0.6) is 0 Å². The quantitative estimate of drug-likeness (QED) is 0.601. The Morgan fingerprint density at radius 1 is 0.933 bits per heavy atom. The number of benzene rings is 2. The standard InChI is InChI=1S/C24H19ClN2O3/c25-13-4-6-14(7-5-13)26-22(28)12-2-1-3-15(10-12)27-23(29)20-16-8-9-17(19-11-18(16)19)21(20)24(27)30/h1-10,16-21H,11H2,(H,26,28)/t16-,17+,18-,19-,20+,21-/m1/s1. The molecule has 0 spiro atoms. The molecule has 4 aliphatic carbocycles. The van der Waals surface area contributed by atoms with Crippen molar-refractivity contribution in [2.24, 2.45) is 35.5 Å². The second-order valence-electron chi connectivity index (χ2n) is 8.68. The van der Waals surface area contributed by atoms with Gasteiger partial charge < -0.3 is 5.32 Å². The van der Waals surface area contributed by atoms with E-state index < -0.39 is 0 Å². The van der Waals surface area contributed by atoms with Crippen LogP contribution >= 0.6 is 11.6 Å². The number of anilines is 2. The molecule has 6 atom stereocenters. The molecule has 6 heteroatoms. The van der Waals surface area contributed by atoms with Gasteiger partial charge in [-0.1, -0.05) is 29.8 Å². The summed E-state index contributed by atoms with van der Waals surface area (Å²) in [6.07, 6.45) is 5.45. The van der Waals surface area contributed by atoms with Crippen LogP contribution in [0.3, 0.4) is 0 Å². The second kappa shape index (κ2) is 6.29. The van der Waals surface area contributed by atoms with E-state index in [1.807, 2.05) is 0 Å². The van der Waals surface area contributed by atoms with Crippen LogP contribution in [0, 0.1) is 35.5 Å². The zero-order valence-corrected chi connectivity index (χ0v) is 16.8. The third-order valence-corrected chi connectivity index (χ3v) is 7.38. The van der Waals surface area contributed by atoms with E-state index in [0.29, 0.717) is 33.8 Å². The summed E-state index contributed by atoms with van der Waals surface area (Å²) in [5.74, 6) is 0.453. The third-order valence-electron chi connectivity index (χ3n) is 7.13. The lowest BCUT2D eigenvalue weighted by atomic mass is 9.63. The Hall–Kier alpha value is -2.92. The molecule has 5 nitrogen and oxygen atoms in total. The van der Waals surface area contributed by atoms with Crippen LogP contribution in [0.25, 0.3) is 0 Å². The van der Waals surface area contributed by atoms with Crippen LogP contribution < -0.4 is 10.2 Å². The van der Waals surface area contributed by atoms with Crippen molar-refractivity contribution >= 4 is 40.7 Å². The molecule has 0 aromatic heterocycles. The van der Waals surface area contributed by atoms with Crippen molar-refractivity contribution < 1.29 is 14.4 Å². The van der Waals surface area contributed by atoms with E-state index in [1.54, 1.807) is 48.5 Å². The molecule has 2 aromatic rings. The van der Waals surface area contributed by atoms with Crippen molar-refractivity contribution in [2.75, 3.05) is 10.2 Å². The number of nitrogens with one attached hydrogen (secondary N) is 1. The first-order valence-electron chi connectivity index (χ1n) is 10.3. The van der Waals surface area contributed by atoms with Crippen molar-refractivity contribution in [3.05, 3.63) is 71.3 Å². The predicted molar refractivity (Wildman–Crippen MR) is 113 cm³/mol. The maximum atomic E-state index is 13.3. The van der Waals surface area contributed by atoms with Gasteiger partial charge in [0.25, 0.3) is 5.91 Å². The average Bonchev–Trinajstić information content (AvgIpc) is 3.53. The number of carbonyl (C=O) groups excluding carboxylic acids is 3. The molecular formula is C24H19ClN2O3. The van der Waals surface area contributed by atoms with Gasteiger partial charge in [-0.15, -0.1) is 0 Å². The summed E-state index contributed by atoms with van der Waals surface area (Å²) in [6, 6.07) is 13.6. The normalized spacial score (nSPS) is 32.8. The molecule has 5 aliphatic rings. The zero-order valence-electron chi connectivity index (χ0n) is 16.0. The van der Waals surface area contributed by atoms with Crippen LogP contribution in [0.1, 0.15) is 16.8 Å². The van der Waals surface area contributed by atoms with Gasteiger partial charge in [0.15, 0.2) is 0 Å². The van der Waals surface area contributed by atoms with Gasteiger partial charge in [0.2, 0.25) is 11.8 Å². The van der Waals surface area contributed by atoms with Crippen molar-refractivity contribution in [1.82, 2.24) is 0 Å². The van der Waals surface area contributed by atoms with Crippen molar-refractivity contribution in [1.29, 1.82) is 0 Å². The topological polar surface area (TPSA) is 66.5 Å². The number of allylic oxidation sites excluding steroid dienone is 2. The van der Waals surface area contributed by atoms with Gasteiger partial charge >= 0.3 is 0 Å². The Labute approximate surface area is 178 Å². The number of hydrogen-bond acceptors (Lipinski definition) is 3. The number of carbonyl (C=O) groups is 3. The monoisotopic (exact) mass is 418 g/mol. The van der Waals surface area contributed by atoms with E-state index in [2.05, 4.69) is 17.5 Å². The molecule has 7 rings (SSSR count). The number of imide groups is 1. The summed E-state index contributed by atoms with van der Waals surface area (Å²) in [6.45, 7) is 0. The van der Waals surface area contributed by atoms with Gasteiger partial charge in [-0.3, -0.25) is 14.4 Å². The van der Waals surface area contributed by atoms with E-state index in [0.717, 1.165) is 6.42 Å². The van der Waals surface area contributed by atoms with E-state index >= 15 is 0 Å². The van der Waals surface area contributed by atoms with Crippen LogP contribution in [0.15, 0.2) is 60.7 Å². The fraction of sp³-hybridized carbons (Fsp3) is 0.292. The summed E-state index contributed by atoms with van der Waals surface area (Å²) in [7, 11) is 0. The minimum absolute atomic E-state index is 0.120. The lowest BCUT2D eigenvalue weighted by Gasteiger charge is -2.37. The smallest absolute Gasteiger partial charge is 0.255 e. The molecule has 1 N–H and O–H groups in total. The molecule has 1 heterocycles. The SMILES string of the molecule is O=C(Nc1ccc(Cl)cc1)c1cccc(N2C(=O)[C@@H]3[C@H]4C=C[C@H]([C@H]5C[C@H]45)[C@@H]3C2=O)c1. The van der Waals surface area contributed by atoms with E-state index in [9.17, 15) is 14.4 Å². The van der Waals surface area contributed by atoms with Gasteiger partial charge in [-0.05, 0) is 72.6 Å². The van der Waals surface area contributed by atoms with Crippen LogP contribution in [-0.2, 0) is 9.59 Å². The van der Waals surface area contributed by atoms with Crippen molar-refractivity contribution in [2.45, 2.75) is 6.42 Å². The molecule has 1 saturated heterocycles. The van der Waals surface area contributed by atoms with Crippen molar-refractivity contribution in [3.63, 3.8) is 0 Å². The predicted octanol–water partition coefficient (Wildman–Crippen LogP) is 4.15. The van der Waals surface area contributed by atoms with Gasteiger partial charge in [-0.2, -0.15) is 0 Å². The lowest BCUT2D eigenvalue weighted by molar-refractivity contribution is -0.124. The van der Waals surface area contributed by atoms with Crippen LogP contribution in [-0.4, -0.2) is 17.7 Å². The van der Waals surface area contributed by atoms with Gasteiger partial charge in [-0.25, -0.2) is 4.90 Å². The minimum Gasteiger partial charge on any atom is -0.322 e. The molecule has 0 radical (unpaired) electrons. The number of halogens is 1. The highest BCUT2D eigenvalue weighted by molar-refractivity contribution is 6.30. The van der Waals surface area contributed by atoms with Crippen molar-refractivity contribution in [3.8, 4) is 0 Å². The summed E-state index contributed by atoms with van der Waals surface area (Å²) in [5, 5.41) is 3.40. The molecular weight excluding hydrogens is 400 g/mol. The Balaban J connectivity index is 1.28. The molecule has 2 bridgehead atoms. The Kier molecular flexibility index (Phi) is 3.75. The highest BCUT2D eigenvalue weighted by atomic mass is 35.5. The number of amides is 3. The minimum atomic E-state index is -0.307. The molecule has 0 unspecified atom stereocenters. The van der Waals surface area contributed by atoms with Gasteiger partial charge in [0.05, 0.1) is 17.5 Å². The molecule has 3 amide bonds. The van der Waals surface area contributed by atoms with Crippen LogP contribution in [0.2, 0.25) is 5.02 Å². The maximum Gasteiger partial charge on any atom is 0.255 e. The molecule has 3 fully saturated rings. The summed E-state index contributed by atoms with van der Waals surface area (Å²) in [4.78, 5) is 40.5. The summed E-state index contributed by atoms with van der Waals surface area (Å²) in [5.41, 5.74) is 1.48. The first kappa shape index (κ1) is 17.9. The Morgan fingerprint density at radius 2 is 1.57 bits per heavy atom. The van der Waals surface area contributed by atoms with Gasteiger partial charge in [0, 0.05) is 16.3 Å². The van der Waals surface area contributed by atoms with E-state index in [1.165, 1.54) is 4.90 Å². The average molecular weight is 419 g/mol. The number of rotatable bonds is 3. The number of hydrogen-bond donors (Lipinski definition) is 1. The van der Waals surface area contributed by atoms with E-state index in [4.69, 9.17) is 11.6 Å². The highest BCUT2D eigenvalue weighted by Crippen LogP contribution is 2.65. The summed E-state index contributed by atoms with van der Waals surface area (Å²) >= 11 is 5.89. The Morgan fingerprint density at radius 3 is 2.20 bits per heavy atom. The first-order valence-corrected chi connectivity index (χ1v) is 10.6. The fourth-order valence-corrected chi connectivity index (χ4v) is 5.86. The van der Waals surface area contributed by atoms with E-state index in [-0.39, 0.29) is 41.4 Å². The lowest BCUT2D eigenvalue weighted by Crippen LogP contribution is -2.40. The molecule has 2 aromatic carbocycles. The van der Waals surface area contributed by atoms with Gasteiger partial charge in [0.1, 0.15) is 0 Å². The number of nitrogens with zero attached hydrogens (tertiary/aromatic N) is 1. The molecule has 30 heavy (non-hydrogen) atoms. The largest absolute Gasteiger partial charge is 0.322 e. The second-order valence-corrected chi connectivity index (χ2v) is 9.11.